The number of benzene rings is 1. The number of carbonyl (C=O) groups is 1. The summed E-state index contributed by atoms with van der Waals surface area (Å²) in [5.74, 6) is -0.184. The zero-order valence-electron chi connectivity index (χ0n) is 8.07. The average Bonchev–Trinajstić information content (AvgIpc) is 2.15. The number of carbonyl (C=O) groups excluding carboxylic acids is 1. The minimum Gasteiger partial charge on any atom is -1.00 e. The Kier molecular flexibility index (Phi) is 6.12. The summed E-state index contributed by atoms with van der Waals surface area (Å²) in [6, 6.07) is 9.74. The van der Waals surface area contributed by atoms with E-state index >= 15 is 0 Å². The molecule has 78 valence electrons. The molecule has 0 aliphatic rings. The van der Waals surface area contributed by atoms with Gasteiger partial charge < -0.3 is 17.1 Å². The molecular weight excluding hydrogens is 202 g/mol. The van der Waals surface area contributed by atoms with Crippen LogP contribution in [-0.2, 0) is 16.1 Å². The Morgan fingerprint density at radius 3 is 2.50 bits per heavy atom. The van der Waals surface area contributed by atoms with E-state index in [-0.39, 0.29) is 18.3 Å². The van der Waals surface area contributed by atoms with Crippen LogP contribution in [0.2, 0.25) is 0 Å². The lowest BCUT2D eigenvalue weighted by Crippen LogP contribution is -3.00. The Labute approximate surface area is 89.7 Å². The molecule has 0 bridgehead atoms. The standard InChI is InChI=1S/C10H13NO2.ClH/c1-8(10(11)12)13-7-9-5-3-2-4-6-9;/h2-6,8H,7H2,1H3,(H2,11,12);1H/t8-;/m0./s1. The highest BCUT2D eigenvalue weighted by Gasteiger charge is 2.11. The Balaban J connectivity index is 0.00000169. The number of amides is 1. The van der Waals surface area contributed by atoms with E-state index in [4.69, 9.17) is 4.74 Å². The molecule has 0 radical (unpaired) electrons. The lowest BCUT2D eigenvalue weighted by atomic mass is 10.2. The number of rotatable bonds is 4. The first-order valence-electron chi connectivity index (χ1n) is 4.21. The van der Waals surface area contributed by atoms with Crippen molar-refractivity contribution in [1.82, 2.24) is 0 Å². The van der Waals surface area contributed by atoms with Crippen molar-refractivity contribution >= 4 is 5.91 Å². The molecule has 0 unspecified atom stereocenters. The highest BCUT2D eigenvalue weighted by atomic mass is 35.5. The first kappa shape index (κ1) is 13.1. The topological polar surface area (TPSA) is 53.9 Å². The normalized spacial score (nSPS) is 11.6. The van der Waals surface area contributed by atoms with Crippen molar-refractivity contribution in [3.8, 4) is 0 Å². The summed E-state index contributed by atoms with van der Waals surface area (Å²) in [4.78, 5) is 10.7. The van der Waals surface area contributed by atoms with Crippen molar-refractivity contribution in [2.75, 3.05) is 0 Å². The Morgan fingerprint density at radius 2 is 2.00 bits per heavy atom. The van der Waals surface area contributed by atoms with Crippen LogP contribution in [0.25, 0.3) is 0 Å². The lowest BCUT2D eigenvalue weighted by molar-refractivity contribution is -0.316. The van der Waals surface area contributed by atoms with Gasteiger partial charge in [0, 0.05) is 0 Å². The molecule has 0 saturated heterocycles. The molecule has 0 saturated carbocycles. The molecule has 0 spiro atoms. The Morgan fingerprint density at radius 1 is 1.43 bits per heavy atom. The van der Waals surface area contributed by atoms with Gasteiger partial charge in [-0.2, -0.15) is 0 Å². The third-order valence-electron chi connectivity index (χ3n) is 1.80. The van der Waals surface area contributed by atoms with Gasteiger partial charge in [0.2, 0.25) is 0 Å². The van der Waals surface area contributed by atoms with Gasteiger partial charge in [-0.1, -0.05) is 30.3 Å². The van der Waals surface area contributed by atoms with Crippen molar-refractivity contribution in [2.45, 2.75) is 19.6 Å². The average molecular weight is 216 g/mol. The SMILES string of the molecule is C[C@H](OCc1ccccc1)C([NH3+])=O.[Cl-]. The monoisotopic (exact) mass is 215 g/mol. The van der Waals surface area contributed by atoms with E-state index < -0.39 is 6.10 Å². The summed E-state index contributed by atoms with van der Waals surface area (Å²) in [6.45, 7) is 2.17. The maximum Gasteiger partial charge on any atom is 0.337 e. The second kappa shape index (κ2) is 6.54. The molecule has 0 fully saturated rings. The van der Waals surface area contributed by atoms with Gasteiger partial charge in [-0.15, -0.1) is 0 Å². The third kappa shape index (κ3) is 4.37. The second-order valence-electron chi connectivity index (χ2n) is 2.91. The number of hydrogen-bond donors (Lipinski definition) is 1. The molecule has 1 amide bonds. The number of hydrogen-bond acceptors (Lipinski definition) is 2. The summed E-state index contributed by atoms with van der Waals surface area (Å²) < 4.78 is 5.28. The van der Waals surface area contributed by atoms with Gasteiger partial charge in [0.1, 0.15) is 0 Å². The molecule has 4 heteroatoms. The van der Waals surface area contributed by atoms with Crippen molar-refractivity contribution in [3.63, 3.8) is 0 Å². The molecule has 1 atom stereocenters. The largest absolute Gasteiger partial charge is 1.00 e. The van der Waals surface area contributed by atoms with Crippen molar-refractivity contribution < 1.29 is 27.7 Å². The molecule has 1 aromatic rings. The van der Waals surface area contributed by atoms with E-state index in [9.17, 15) is 4.79 Å². The predicted molar refractivity (Wildman–Crippen MR) is 48.6 cm³/mol. The summed E-state index contributed by atoms with van der Waals surface area (Å²) in [5, 5.41) is 0. The maximum absolute atomic E-state index is 10.7. The van der Waals surface area contributed by atoms with Crippen LogP contribution in [0.15, 0.2) is 30.3 Å². The first-order valence-corrected chi connectivity index (χ1v) is 4.21. The third-order valence-corrected chi connectivity index (χ3v) is 1.80. The number of ether oxygens (including phenoxy) is 1. The van der Waals surface area contributed by atoms with E-state index in [0.717, 1.165) is 5.56 Å². The molecular formula is C10H14ClNO2. The van der Waals surface area contributed by atoms with Crippen molar-refractivity contribution in [2.24, 2.45) is 0 Å². The molecule has 14 heavy (non-hydrogen) atoms. The molecule has 0 aliphatic carbocycles. The van der Waals surface area contributed by atoms with Crippen LogP contribution in [0, 0.1) is 0 Å². The molecule has 1 rings (SSSR count). The predicted octanol–water partition coefficient (Wildman–Crippen LogP) is -2.64. The molecule has 0 aromatic heterocycles. The zero-order chi connectivity index (χ0) is 9.68. The van der Waals surface area contributed by atoms with Crippen LogP contribution in [0.3, 0.4) is 0 Å². The van der Waals surface area contributed by atoms with Crippen molar-refractivity contribution in [3.05, 3.63) is 35.9 Å². The fourth-order valence-electron chi connectivity index (χ4n) is 0.888. The van der Waals surface area contributed by atoms with E-state index in [1.807, 2.05) is 30.3 Å². The second-order valence-corrected chi connectivity index (χ2v) is 2.91. The van der Waals surface area contributed by atoms with E-state index in [0.29, 0.717) is 6.61 Å². The molecule has 0 aliphatic heterocycles. The van der Waals surface area contributed by atoms with E-state index in [1.165, 1.54) is 0 Å². The van der Waals surface area contributed by atoms with Crippen LogP contribution in [0.5, 0.6) is 0 Å². The quantitative estimate of drug-likeness (QED) is 0.597. The van der Waals surface area contributed by atoms with Crippen LogP contribution in [0.4, 0.5) is 0 Å². The lowest BCUT2D eigenvalue weighted by Gasteiger charge is -2.06. The van der Waals surface area contributed by atoms with E-state index in [1.54, 1.807) is 6.92 Å². The van der Waals surface area contributed by atoms with Gasteiger partial charge in [0.15, 0.2) is 6.10 Å². The summed E-state index contributed by atoms with van der Waals surface area (Å²) in [6.07, 6.45) is -0.416. The maximum atomic E-state index is 10.7. The van der Waals surface area contributed by atoms with Gasteiger partial charge in [-0.25, -0.2) is 4.79 Å². The van der Waals surface area contributed by atoms with Crippen LogP contribution in [-0.4, -0.2) is 12.0 Å². The molecule has 3 nitrogen and oxygen atoms in total. The minimum atomic E-state index is -0.416. The highest BCUT2D eigenvalue weighted by Crippen LogP contribution is 2.02. The van der Waals surface area contributed by atoms with Crippen LogP contribution in [0.1, 0.15) is 12.5 Å². The van der Waals surface area contributed by atoms with Crippen LogP contribution >= 0.6 is 0 Å². The molecule has 1 aromatic carbocycles. The van der Waals surface area contributed by atoms with E-state index in [2.05, 4.69) is 5.73 Å². The molecule has 0 heterocycles. The minimum absolute atomic E-state index is 0. The highest BCUT2D eigenvalue weighted by molar-refractivity contribution is 5.69. The van der Waals surface area contributed by atoms with Crippen LogP contribution < -0.4 is 18.1 Å². The zero-order valence-corrected chi connectivity index (χ0v) is 8.83. The van der Waals surface area contributed by atoms with Gasteiger partial charge in [0.05, 0.1) is 6.61 Å². The van der Waals surface area contributed by atoms with Gasteiger partial charge in [-0.3, -0.25) is 5.73 Å². The van der Waals surface area contributed by atoms with Gasteiger partial charge in [-0.05, 0) is 12.5 Å². The Bertz CT molecular complexity index is 277. The number of quaternary nitrogens is 1. The summed E-state index contributed by atoms with van der Waals surface area (Å²) >= 11 is 0. The molecule has 3 N–H and O–H groups in total. The Hall–Kier alpha value is -0.900. The smallest absolute Gasteiger partial charge is 0.337 e. The van der Waals surface area contributed by atoms with Gasteiger partial charge in [0.25, 0.3) is 0 Å². The first-order chi connectivity index (χ1) is 6.20. The van der Waals surface area contributed by atoms with Crippen molar-refractivity contribution in [1.29, 1.82) is 0 Å². The summed E-state index contributed by atoms with van der Waals surface area (Å²) in [7, 11) is 0. The summed E-state index contributed by atoms with van der Waals surface area (Å²) in [5.41, 5.74) is 4.35. The number of halogens is 1. The fraction of sp³-hybridized carbons (Fsp3) is 0.300. The fourth-order valence-corrected chi connectivity index (χ4v) is 0.888. The van der Waals surface area contributed by atoms with Gasteiger partial charge >= 0.3 is 5.91 Å².